The number of hydrogen-bond acceptors (Lipinski definition) is 5. The van der Waals surface area contributed by atoms with Gasteiger partial charge in [0.2, 0.25) is 0 Å². The highest BCUT2D eigenvalue weighted by molar-refractivity contribution is 7.80. The molecule has 0 bridgehead atoms. The molecule has 2 rings (SSSR count). The van der Waals surface area contributed by atoms with Gasteiger partial charge in [-0.15, -0.1) is 0 Å². The summed E-state index contributed by atoms with van der Waals surface area (Å²) in [6.07, 6.45) is 2.00. The van der Waals surface area contributed by atoms with Crippen molar-refractivity contribution in [3.05, 3.63) is 29.5 Å². The molecule has 2 N–H and O–H groups in total. The lowest BCUT2D eigenvalue weighted by atomic mass is 10.1. The van der Waals surface area contributed by atoms with Crippen LogP contribution < -0.4 is 14.8 Å². The highest BCUT2D eigenvalue weighted by atomic mass is 32.1. The van der Waals surface area contributed by atoms with E-state index in [1.165, 1.54) is 4.90 Å². The van der Waals surface area contributed by atoms with Gasteiger partial charge in [-0.3, -0.25) is 14.5 Å². The molecule has 1 aromatic carbocycles. The van der Waals surface area contributed by atoms with Crippen LogP contribution in [0.25, 0.3) is 6.08 Å². The van der Waals surface area contributed by atoms with Crippen molar-refractivity contribution in [3.63, 3.8) is 0 Å². The second kappa shape index (κ2) is 8.48. The minimum absolute atomic E-state index is 0.0123. The normalized spacial score (nSPS) is 15.4. The number of amides is 1. The van der Waals surface area contributed by atoms with Gasteiger partial charge in [0, 0.05) is 13.0 Å². The highest BCUT2D eigenvalue weighted by Gasteiger charge is 2.30. The molecule has 1 aliphatic rings. The van der Waals surface area contributed by atoms with E-state index in [0.717, 1.165) is 5.56 Å². The van der Waals surface area contributed by atoms with Crippen LogP contribution in [0.5, 0.6) is 11.5 Å². The Bertz CT molecular complexity index is 717. The third kappa shape index (κ3) is 4.69. The molecule has 8 heteroatoms. The van der Waals surface area contributed by atoms with E-state index in [4.69, 9.17) is 26.8 Å². The lowest BCUT2D eigenvalue weighted by Gasteiger charge is -2.12. The number of carbonyl (C=O) groups is 2. The third-order valence-corrected chi connectivity index (χ3v) is 3.86. The Morgan fingerprint density at radius 1 is 1.40 bits per heavy atom. The van der Waals surface area contributed by atoms with Gasteiger partial charge < -0.3 is 19.9 Å². The number of ether oxygens (including phenoxy) is 2. The van der Waals surface area contributed by atoms with E-state index in [0.29, 0.717) is 30.2 Å². The van der Waals surface area contributed by atoms with Crippen molar-refractivity contribution < 1.29 is 24.2 Å². The van der Waals surface area contributed by atoms with Gasteiger partial charge in [0.15, 0.2) is 16.6 Å². The Kier molecular flexibility index (Phi) is 6.35. The van der Waals surface area contributed by atoms with Gasteiger partial charge in [0.05, 0.1) is 13.7 Å². The van der Waals surface area contributed by atoms with Crippen molar-refractivity contribution in [2.75, 3.05) is 20.3 Å². The summed E-state index contributed by atoms with van der Waals surface area (Å²) < 4.78 is 10.8. The molecule has 0 unspecified atom stereocenters. The number of nitrogens with zero attached hydrogens (tertiary/aromatic N) is 1. The topological polar surface area (TPSA) is 88.1 Å². The van der Waals surface area contributed by atoms with E-state index < -0.39 is 5.97 Å². The maximum atomic E-state index is 12.4. The molecular weight excluding hydrogens is 344 g/mol. The van der Waals surface area contributed by atoms with Crippen LogP contribution in [-0.4, -0.2) is 47.3 Å². The predicted octanol–water partition coefficient (Wildman–Crippen LogP) is 2.02. The van der Waals surface area contributed by atoms with Crippen LogP contribution in [0, 0.1) is 0 Å². The Hall–Kier alpha value is -2.61. The van der Waals surface area contributed by atoms with Gasteiger partial charge in [-0.1, -0.05) is 6.07 Å². The molecular formula is C17H20N2O5S. The molecule has 1 aliphatic heterocycles. The highest BCUT2D eigenvalue weighted by Crippen LogP contribution is 2.29. The summed E-state index contributed by atoms with van der Waals surface area (Å²) in [5.74, 6) is 0.0263. The van der Waals surface area contributed by atoms with Crippen molar-refractivity contribution in [1.82, 2.24) is 10.2 Å². The van der Waals surface area contributed by atoms with Crippen LogP contribution in [0.4, 0.5) is 0 Å². The molecule has 134 valence electrons. The van der Waals surface area contributed by atoms with Gasteiger partial charge in [-0.25, -0.2) is 0 Å². The second-order valence-electron chi connectivity index (χ2n) is 5.29. The summed E-state index contributed by atoms with van der Waals surface area (Å²) in [4.78, 5) is 24.4. The number of carboxylic acid groups (broad SMARTS) is 1. The summed E-state index contributed by atoms with van der Waals surface area (Å²) in [6, 6.07) is 5.35. The molecule has 1 aromatic rings. The van der Waals surface area contributed by atoms with E-state index in [9.17, 15) is 9.59 Å². The molecule has 1 heterocycles. The van der Waals surface area contributed by atoms with E-state index in [-0.39, 0.29) is 24.0 Å². The summed E-state index contributed by atoms with van der Waals surface area (Å²) >= 11 is 5.16. The zero-order chi connectivity index (χ0) is 18.4. The number of hydrogen-bond donors (Lipinski definition) is 2. The van der Waals surface area contributed by atoms with Crippen molar-refractivity contribution in [3.8, 4) is 11.5 Å². The second-order valence-corrected chi connectivity index (χ2v) is 5.67. The number of carbonyl (C=O) groups excluding carboxylic acids is 1. The first-order valence-corrected chi connectivity index (χ1v) is 8.24. The van der Waals surface area contributed by atoms with E-state index >= 15 is 0 Å². The van der Waals surface area contributed by atoms with Crippen molar-refractivity contribution in [1.29, 1.82) is 0 Å². The minimum atomic E-state index is -0.900. The summed E-state index contributed by atoms with van der Waals surface area (Å²) in [5.41, 5.74) is 1.10. The molecule has 1 amide bonds. The SMILES string of the molecule is CCOc1cc(C=C2NC(=S)N(CCCC(=O)O)C2=O)ccc1OC. The quantitative estimate of drug-likeness (QED) is 0.539. The molecule has 0 spiro atoms. The number of aliphatic carboxylic acids is 1. The number of methoxy groups -OCH3 is 1. The first-order valence-electron chi connectivity index (χ1n) is 7.83. The fourth-order valence-corrected chi connectivity index (χ4v) is 2.67. The summed E-state index contributed by atoms with van der Waals surface area (Å²) in [5, 5.41) is 11.8. The largest absolute Gasteiger partial charge is 0.493 e. The Labute approximate surface area is 151 Å². The lowest BCUT2D eigenvalue weighted by molar-refractivity contribution is -0.137. The number of rotatable bonds is 8. The average molecular weight is 364 g/mol. The predicted molar refractivity (Wildman–Crippen MR) is 96.5 cm³/mol. The van der Waals surface area contributed by atoms with E-state index in [2.05, 4.69) is 5.32 Å². The lowest BCUT2D eigenvalue weighted by Crippen LogP contribution is -2.31. The monoisotopic (exact) mass is 364 g/mol. The number of carboxylic acids is 1. The van der Waals surface area contributed by atoms with Gasteiger partial charge in [-0.2, -0.15) is 0 Å². The van der Waals surface area contributed by atoms with E-state index in [1.54, 1.807) is 31.4 Å². The molecule has 0 aromatic heterocycles. The van der Waals surface area contributed by atoms with Crippen LogP contribution in [0.15, 0.2) is 23.9 Å². The molecule has 0 atom stereocenters. The molecule has 0 saturated carbocycles. The van der Waals surface area contributed by atoms with Crippen molar-refractivity contribution in [2.45, 2.75) is 19.8 Å². The fourth-order valence-electron chi connectivity index (χ4n) is 2.38. The first-order chi connectivity index (χ1) is 12.0. The van der Waals surface area contributed by atoms with Gasteiger partial charge >= 0.3 is 5.97 Å². The molecule has 1 fully saturated rings. The van der Waals surface area contributed by atoms with Crippen molar-refractivity contribution in [2.24, 2.45) is 0 Å². The van der Waals surface area contributed by atoms with Gasteiger partial charge in [-0.05, 0) is 49.3 Å². The summed E-state index contributed by atoms with van der Waals surface area (Å²) in [7, 11) is 1.56. The standard InChI is InChI=1S/C17H20N2O5S/c1-3-24-14-10-11(6-7-13(14)23-2)9-12-16(22)19(17(25)18-12)8-4-5-15(20)21/h6-7,9-10H,3-5,8H2,1-2H3,(H,18,25)(H,20,21). The van der Waals surface area contributed by atoms with Crippen LogP contribution >= 0.6 is 12.2 Å². The zero-order valence-corrected chi connectivity index (χ0v) is 14.9. The third-order valence-electron chi connectivity index (χ3n) is 3.53. The first kappa shape index (κ1) is 18.7. The molecule has 7 nitrogen and oxygen atoms in total. The molecule has 1 saturated heterocycles. The smallest absolute Gasteiger partial charge is 0.303 e. The van der Waals surface area contributed by atoms with Crippen molar-refractivity contribution >= 4 is 35.3 Å². The molecule has 25 heavy (non-hydrogen) atoms. The average Bonchev–Trinajstić information content (AvgIpc) is 2.82. The van der Waals surface area contributed by atoms with Gasteiger partial charge in [0.25, 0.3) is 5.91 Å². The van der Waals surface area contributed by atoms with Crippen LogP contribution in [0.2, 0.25) is 0 Å². The maximum Gasteiger partial charge on any atom is 0.303 e. The van der Waals surface area contributed by atoms with Crippen LogP contribution in [0.3, 0.4) is 0 Å². The molecule has 0 radical (unpaired) electrons. The zero-order valence-electron chi connectivity index (χ0n) is 14.1. The molecule has 0 aliphatic carbocycles. The van der Waals surface area contributed by atoms with Gasteiger partial charge in [0.1, 0.15) is 5.70 Å². The number of nitrogens with one attached hydrogen (secondary N) is 1. The Morgan fingerprint density at radius 2 is 2.16 bits per heavy atom. The number of thiocarbonyl (C=S) groups is 1. The fraction of sp³-hybridized carbons (Fsp3) is 0.353. The van der Waals surface area contributed by atoms with E-state index in [1.807, 2.05) is 6.92 Å². The Morgan fingerprint density at radius 3 is 2.80 bits per heavy atom. The Balaban J connectivity index is 2.15. The van der Waals surface area contributed by atoms with Crippen LogP contribution in [-0.2, 0) is 9.59 Å². The minimum Gasteiger partial charge on any atom is -0.493 e. The maximum absolute atomic E-state index is 12.4. The summed E-state index contributed by atoms with van der Waals surface area (Å²) in [6.45, 7) is 2.64. The van der Waals surface area contributed by atoms with Crippen LogP contribution in [0.1, 0.15) is 25.3 Å². The number of benzene rings is 1.